The molecule has 0 aromatic rings. The number of hydrogen-bond donors (Lipinski definition) is 0. The molecule has 1 fully saturated rings. The van der Waals surface area contributed by atoms with Gasteiger partial charge in [-0.2, -0.15) is 0 Å². The maximum Gasteiger partial charge on any atom is -0.00811 e. The molecule has 0 nitrogen and oxygen atoms in total. The zero-order valence-electron chi connectivity index (χ0n) is 13.1. The van der Waals surface area contributed by atoms with Crippen molar-refractivity contribution in [2.45, 2.75) is 65.2 Å². The molecule has 4 aliphatic carbocycles. The first-order chi connectivity index (χ1) is 9.74. The average Bonchev–Trinajstić information content (AvgIpc) is 2.83. The lowest BCUT2D eigenvalue weighted by atomic mass is 9.59. The lowest BCUT2D eigenvalue weighted by Gasteiger charge is -2.45. The summed E-state index contributed by atoms with van der Waals surface area (Å²) in [6, 6.07) is 0. The standard InChI is InChI=1S/C20H28/c1-3-15-9-11-19-18-10-8-14-6-4-5-7-16(14)17(18)12-13-20(15,19)2/h6,12-13,15,18-19H,3-5,7-11H2,1-2H3/t15-,18+,19-,20+/m0/s1. The summed E-state index contributed by atoms with van der Waals surface area (Å²) in [5.41, 5.74) is 5.72. The van der Waals surface area contributed by atoms with Gasteiger partial charge in [0.2, 0.25) is 0 Å². The van der Waals surface area contributed by atoms with Crippen LogP contribution in [0.4, 0.5) is 0 Å². The average molecular weight is 268 g/mol. The van der Waals surface area contributed by atoms with Crippen molar-refractivity contribution >= 4 is 0 Å². The zero-order chi connectivity index (χ0) is 13.7. The van der Waals surface area contributed by atoms with Crippen LogP contribution in [0.25, 0.3) is 0 Å². The normalized spacial score (nSPS) is 42.9. The van der Waals surface area contributed by atoms with E-state index in [4.69, 9.17) is 0 Å². The molecule has 0 aromatic heterocycles. The molecule has 0 N–H and O–H groups in total. The van der Waals surface area contributed by atoms with Gasteiger partial charge in [-0.25, -0.2) is 0 Å². The third-order valence-electron chi connectivity index (χ3n) is 6.99. The summed E-state index contributed by atoms with van der Waals surface area (Å²) < 4.78 is 0. The molecule has 0 unspecified atom stereocenters. The van der Waals surface area contributed by atoms with Crippen LogP contribution < -0.4 is 0 Å². The summed E-state index contributed by atoms with van der Waals surface area (Å²) in [5, 5.41) is 0. The Labute approximate surface area is 124 Å². The molecule has 0 radical (unpaired) electrons. The van der Waals surface area contributed by atoms with Crippen LogP contribution in [0.1, 0.15) is 65.2 Å². The number of hydrogen-bond acceptors (Lipinski definition) is 0. The van der Waals surface area contributed by atoms with E-state index in [9.17, 15) is 0 Å². The van der Waals surface area contributed by atoms with Crippen LogP contribution in [-0.2, 0) is 0 Å². The molecule has 0 saturated heterocycles. The van der Waals surface area contributed by atoms with Crippen molar-refractivity contribution in [3.8, 4) is 0 Å². The van der Waals surface area contributed by atoms with Gasteiger partial charge in [-0.3, -0.25) is 0 Å². The predicted octanol–water partition coefficient (Wildman–Crippen LogP) is 5.82. The van der Waals surface area contributed by atoms with E-state index in [1.807, 2.05) is 0 Å². The summed E-state index contributed by atoms with van der Waals surface area (Å²) >= 11 is 0. The molecule has 20 heavy (non-hydrogen) atoms. The van der Waals surface area contributed by atoms with Crippen molar-refractivity contribution in [3.05, 3.63) is 34.9 Å². The highest BCUT2D eigenvalue weighted by Crippen LogP contribution is 2.60. The Kier molecular flexibility index (Phi) is 2.98. The number of allylic oxidation sites excluding steroid dienone is 6. The summed E-state index contributed by atoms with van der Waals surface area (Å²) in [5.74, 6) is 2.74. The SMILES string of the molecule is CC[C@H]1CC[C@H]2[C@@H]3CCC4=CCCCC4=C3C=C[C@]12C. The van der Waals surface area contributed by atoms with Gasteiger partial charge >= 0.3 is 0 Å². The lowest BCUT2D eigenvalue weighted by Crippen LogP contribution is -2.36. The van der Waals surface area contributed by atoms with Crippen LogP contribution in [0.5, 0.6) is 0 Å². The number of rotatable bonds is 1. The van der Waals surface area contributed by atoms with Crippen molar-refractivity contribution in [1.82, 2.24) is 0 Å². The third kappa shape index (κ3) is 1.66. The highest BCUT2D eigenvalue weighted by Gasteiger charge is 2.50. The summed E-state index contributed by atoms with van der Waals surface area (Å²) in [6.45, 7) is 4.95. The highest BCUT2D eigenvalue weighted by atomic mass is 14.5. The van der Waals surface area contributed by atoms with Crippen molar-refractivity contribution in [2.24, 2.45) is 23.2 Å². The van der Waals surface area contributed by atoms with Crippen LogP contribution in [0.15, 0.2) is 34.9 Å². The number of fused-ring (bicyclic) bond motifs is 4. The van der Waals surface area contributed by atoms with Crippen molar-refractivity contribution in [2.75, 3.05) is 0 Å². The molecule has 4 aliphatic rings. The van der Waals surface area contributed by atoms with E-state index in [1.54, 1.807) is 16.7 Å². The first kappa shape index (κ1) is 12.9. The Morgan fingerprint density at radius 1 is 1.20 bits per heavy atom. The van der Waals surface area contributed by atoms with Crippen molar-refractivity contribution in [3.63, 3.8) is 0 Å². The highest BCUT2D eigenvalue weighted by molar-refractivity contribution is 5.48. The van der Waals surface area contributed by atoms with Crippen LogP contribution in [0.2, 0.25) is 0 Å². The predicted molar refractivity (Wildman–Crippen MR) is 85.4 cm³/mol. The van der Waals surface area contributed by atoms with Gasteiger partial charge in [0.25, 0.3) is 0 Å². The Morgan fingerprint density at radius 2 is 2.10 bits per heavy atom. The fourth-order valence-corrected chi connectivity index (χ4v) is 5.87. The molecule has 0 amide bonds. The van der Waals surface area contributed by atoms with Gasteiger partial charge in [0, 0.05) is 0 Å². The van der Waals surface area contributed by atoms with E-state index < -0.39 is 0 Å². The molecular weight excluding hydrogens is 240 g/mol. The molecular formula is C20H28. The van der Waals surface area contributed by atoms with Crippen LogP contribution >= 0.6 is 0 Å². The van der Waals surface area contributed by atoms with Crippen molar-refractivity contribution < 1.29 is 0 Å². The largest absolute Gasteiger partial charge is 0.0810 e. The Bertz CT molecular complexity index is 504. The quantitative estimate of drug-likeness (QED) is 0.562. The molecule has 0 heteroatoms. The summed E-state index contributed by atoms with van der Waals surface area (Å²) in [4.78, 5) is 0. The van der Waals surface area contributed by atoms with Crippen LogP contribution in [0, 0.1) is 23.2 Å². The van der Waals surface area contributed by atoms with Crippen LogP contribution in [0.3, 0.4) is 0 Å². The van der Waals surface area contributed by atoms with E-state index in [0.717, 1.165) is 17.8 Å². The lowest BCUT2D eigenvalue weighted by molar-refractivity contribution is 0.162. The van der Waals surface area contributed by atoms with E-state index in [2.05, 4.69) is 32.1 Å². The fraction of sp³-hybridized carbons (Fsp3) is 0.700. The molecule has 0 spiro atoms. The van der Waals surface area contributed by atoms with Gasteiger partial charge in [0.15, 0.2) is 0 Å². The molecule has 1 saturated carbocycles. The summed E-state index contributed by atoms with van der Waals surface area (Å²) in [6.07, 6.45) is 18.8. The van der Waals surface area contributed by atoms with E-state index in [1.165, 1.54) is 51.4 Å². The Hall–Kier alpha value is -0.780. The first-order valence-corrected chi connectivity index (χ1v) is 8.85. The molecule has 4 rings (SSSR count). The smallest absolute Gasteiger partial charge is 0.00811 e. The maximum atomic E-state index is 2.62. The molecule has 108 valence electrons. The third-order valence-corrected chi connectivity index (χ3v) is 6.99. The minimum absolute atomic E-state index is 0.499. The fourth-order valence-electron chi connectivity index (χ4n) is 5.87. The minimum Gasteiger partial charge on any atom is -0.0810 e. The minimum atomic E-state index is 0.499. The van der Waals surface area contributed by atoms with Crippen LogP contribution in [-0.4, -0.2) is 0 Å². The molecule has 0 bridgehead atoms. The molecule has 0 aromatic carbocycles. The van der Waals surface area contributed by atoms with E-state index >= 15 is 0 Å². The van der Waals surface area contributed by atoms with Crippen molar-refractivity contribution in [1.29, 1.82) is 0 Å². The van der Waals surface area contributed by atoms with Gasteiger partial charge in [-0.1, -0.05) is 38.5 Å². The summed E-state index contributed by atoms with van der Waals surface area (Å²) in [7, 11) is 0. The van der Waals surface area contributed by atoms with Gasteiger partial charge in [0.1, 0.15) is 0 Å². The Balaban J connectivity index is 1.79. The first-order valence-electron chi connectivity index (χ1n) is 8.85. The van der Waals surface area contributed by atoms with Gasteiger partial charge < -0.3 is 0 Å². The second kappa shape index (κ2) is 4.61. The van der Waals surface area contributed by atoms with E-state index in [-0.39, 0.29) is 0 Å². The maximum absolute atomic E-state index is 2.62. The van der Waals surface area contributed by atoms with E-state index in [0.29, 0.717) is 5.41 Å². The molecule has 0 aliphatic heterocycles. The second-order valence-electron chi connectivity index (χ2n) is 7.69. The van der Waals surface area contributed by atoms with Gasteiger partial charge in [-0.05, 0) is 84.8 Å². The van der Waals surface area contributed by atoms with Gasteiger partial charge in [-0.15, -0.1) is 0 Å². The zero-order valence-corrected chi connectivity index (χ0v) is 13.1. The topological polar surface area (TPSA) is 0 Å². The second-order valence-corrected chi connectivity index (χ2v) is 7.69. The molecule has 0 heterocycles. The van der Waals surface area contributed by atoms with Gasteiger partial charge in [0.05, 0.1) is 0 Å². The monoisotopic (exact) mass is 268 g/mol. The molecule has 4 atom stereocenters. The Morgan fingerprint density at radius 3 is 2.95 bits per heavy atom.